The second-order valence-electron chi connectivity index (χ2n) is 6.12. The molecule has 1 fully saturated rings. The van der Waals surface area contributed by atoms with Gasteiger partial charge in [-0.15, -0.1) is 0 Å². The monoisotopic (exact) mass is 416 g/mol. The molecule has 0 radical (unpaired) electrons. The minimum Gasteiger partial charge on any atom is -0.493 e. The summed E-state index contributed by atoms with van der Waals surface area (Å²) in [4.78, 5) is 50.6. The standard InChI is InChI=1S/C17H13ClN6O5/c1-22-11(25)7-23(8-12(22)26)17(28)29-16-14-13(19-4-5-20-14)15(27)24(16)10-3-2-9(18)6-21-10/h2-6,27H,7-8H2,1H3. The van der Waals surface area contributed by atoms with Gasteiger partial charge in [-0.3, -0.25) is 19.4 Å². The number of ether oxygens (including phenoxy) is 1. The molecule has 0 aliphatic carbocycles. The van der Waals surface area contributed by atoms with E-state index in [0.717, 1.165) is 14.4 Å². The fourth-order valence-electron chi connectivity index (χ4n) is 2.78. The second kappa shape index (κ2) is 7.02. The van der Waals surface area contributed by atoms with Gasteiger partial charge in [-0.2, -0.15) is 0 Å². The van der Waals surface area contributed by atoms with E-state index < -0.39 is 17.9 Å². The molecule has 11 nitrogen and oxygen atoms in total. The Kier molecular flexibility index (Phi) is 4.51. The van der Waals surface area contributed by atoms with Crippen molar-refractivity contribution < 1.29 is 24.2 Å². The van der Waals surface area contributed by atoms with E-state index in [1.54, 1.807) is 0 Å². The van der Waals surface area contributed by atoms with Crippen molar-refractivity contribution in [3.05, 3.63) is 35.7 Å². The minimum absolute atomic E-state index is 0.0811. The molecule has 4 heterocycles. The van der Waals surface area contributed by atoms with Crippen LogP contribution >= 0.6 is 11.6 Å². The number of amides is 3. The highest BCUT2D eigenvalue weighted by Gasteiger charge is 2.33. The van der Waals surface area contributed by atoms with Gasteiger partial charge in [0.25, 0.3) is 0 Å². The number of aromatic hydroxyl groups is 1. The summed E-state index contributed by atoms with van der Waals surface area (Å²) in [6.45, 7) is -0.646. The number of aromatic nitrogens is 4. The lowest BCUT2D eigenvalue weighted by Gasteiger charge is -2.29. The van der Waals surface area contributed by atoms with Gasteiger partial charge in [-0.05, 0) is 12.1 Å². The summed E-state index contributed by atoms with van der Waals surface area (Å²) in [7, 11) is 1.34. The number of pyridine rings is 1. The van der Waals surface area contributed by atoms with Gasteiger partial charge in [-0.25, -0.2) is 24.3 Å². The molecule has 3 amide bonds. The van der Waals surface area contributed by atoms with Gasteiger partial charge in [0.05, 0.1) is 5.02 Å². The zero-order valence-electron chi connectivity index (χ0n) is 14.9. The predicted octanol–water partition coefficient (Wildman–Crippen LogP) is 0.974. The van der Waals surface area contributed by atoms with Crippen LogP contribution in [0.2, 0.25) is 5.02 Å². The summed E-state index contributed by atoms with van der Waals surface area (Å²) < 4.78 is 6.56. The Morgan fingerprint density at radius 3 is 2.38 bits per heavy atom. The van der Waals surface area contributed by atoms with E-state index in [1.165, 1.54) is 37.8 Å². The first kappa shape index (κ1) is 18.6. The Hall–Kier alpha value is -3.73. The average Bonchev–Trinajstić information content (AvgIpc) is 2.98. The summed E-state index contributed by atoms with van der Waals surface area (Å²) in [6, 6.07) is 3.04. The highest BCUT2D eigenvalue weighted by molar-refractivity contribution is 6.30. The molecule has 12 heteroatoms. The number of imide groups is 1. The Morgan fingerprint density at radius 2 is 1.76 bits per heavy atom. The maximum absolute atomic E-state index is 12.7. The maximum Gasteiger partial charge on any atom is 0.417 e. The van der Waals surface area contributed by atoms with Crippen molar-refractivity contribution in [3.8, 4) is 17.6 Å². The highest BCUT2D eigenvalue weighted by Crippen LogP contribution is 2.37. The summed E-state index contributed by atoms with van der Waals surface area (Å²) >= 11 is 5.86. The molecule has 0 spiro atoms. The molecular formula is C17H13ClN6O5. The molecule has 1 aliphatic rings. The van der Waals surface area contributed by atoms with E-state index in [4.69, 9.17) is 16.3 Å². The maximum atomic E-state index is 12.7. The number of hydrogen-bond acceptors (Lipinski definition) is 8. The zero-order valence-corrected chi connectivity index (χ0v) is 15.7. The molecule has 1 aliphatic heterocycles. The molecule has 1 saturated heterocycles. The van der Waals surface area contributed by atoms with Gasteiger partial charge in [0.2, 0.25) is 23.6 Å². The largest absolute Gasteiger partial charge is 0.493 e. The average molecular weight is 417 g/mol. The van der Waals surface area contributed by atoms with Crippen LogP contribution in [-0.2, 0) is 9.59 Å². The third-order valence-electron chi connectivity index (χ3n) is 4.31. The van der Waals surface area contributed by atoms with Gasteiger partial charge in [0.1, 0.15) is 18.9 Å². The number of carbonyl (C=O) groups is 3. The molecule has 0 atom stereocenters. The van der Waals surface area contributed by atoms with Crippen molar-refractivity contribution in [3.63, 3.8) is 0 Å². The number of nitrogens with zero attached hydrogens (tertiary/aromatic N) is 6. The smallest absolute Gasteiger partial charge is 0.417 e. The normalized spacial score (nSPS) is 14.6. The number of rotatable bonds is 2. The molecule has 4 rings (SSSR count). The van der Waals surface area contributed by atoms with E-state index in [1.807, 2.05) is 0 Å². The van der Waals surface area contributed by atoms with E-state index in [-0.39, 0.29) is 41.7 Å². The van der Waals surface area contributed by atoms with Crippen LogP contribution in [0.25, 0.3) is 16.9 Å². The van der Waals surface area contributed by atoms with Crippen molar-refractivity contribution in [2.75, 3.05) is 20.1 Å². The number of fused-ring (bicyclic) bond motifs is 1. The number of hydrogen-bond donors (Lipinski definition) is 1. The van der Waals surface area contributed by atoms with Crippen molar-refractivity contribution in [1.82, 2.24) is 29.3 Å². The van der Waals surface area contributed by atoms with Crippen LogP contribution < -0.4 is 4.74 Å². The SMILES string of the molecule is CN1C(=O)CN(C(=O)Oc2c3nccnc3c(O)n2-c2ccc(Cl)cn2)CC1=O. The Morgan fingerprint density at radius 1 is 1.10 bits per heavy atom. The van der Waals surface area contributed by atoms with Gasteiger partial charge in [0.15, 0.2) is 11.0 Å². The van der Waals surface area contributed by atoms with Gasteiger partial charge in [0, 0.05) is 25.6 Å². The molecule has 0 unspecified atom stereocenters. The van der Waals surface area contributed by atoms with Crippen LogP contribution in [0.5, 0.6) is 11.8 Å². The van der Waals surface area contributed by atoms with Crippen molar-refractivity contribution >= 4 is 40.5 Å². The number of piperazine rings is 1. The minimum atomic E-state index is -0.958. The molecular weight excluding hydrogens is 404 g/mol. The molecule has 148 valence electrons. The summed E-state index contributed by atoms with van der Waals surface area (Å²) in [6.07, 6.45) is 3.12. The lowest BCUT2D eigenvalue weighted by atomic mass is 10.3. The van der Waals surface area contributed by atoms with Crippen LogP contribution in [0, 0.1) is 0 Å². The predicted molar refractivity (Wildman–Crippen MR) is 98.7 cm³/mol. The number of carbonyl (C=O) groups excluding carboxylic acids is 3. The topological polar surface area (TPSA) is 131 Å². The van der Waals surface area contributed by atoms with Gasteiger partial charge >= 0.3 is 6.09 Å². The van der Waals surface area contributed by atoms with E-state index in [0.29, 0.717) is 5.02 Å². The molecule has 29 heavy (non-hydrogen) atoms. The van der Waals surface area contributed by atoms with Crippen molar-refractivity contribution in [2.45, 2.75) is 0 Å². The van der Waals surface area contributed by atoms with Gasteiger partial charge < -0.3 is 9.84 Å². The second-order valence-corrected chi connectivity index (χ2v) is 6.56. The summed E-state index contributed by atoms with van der Waals surface area (Å²) in [5.74, 6) is -1.40. The third-order valence-corrected chi connectivity index (χ3v) is 4.53. The van der Waals surface area contributed by atoms with Crippen LogP contribution in [0.4, 0.5) is 4.79 Å². The molecule has 0 aromatic carbocycles. The van der Waals surface area contributed by atoms with Crippen molar-refractivity contribution in [1.29, 1.82) is 0 Å². The van der Waals surface area contributed by atoms with Crippen LogP contribution in [-0.4, -0.2) is 72.5 Å². The first-order valence-corrected chi connectivity index (χ1v) is 8.67. The van der Waals surface area contributed by atoms with E-state index in [2.05, 4.69) is 15.0 Å². The molecule has 0 saturated carbocycles. The highest BCUT2D eigenvalue weighted by atomic mass is 35.5. The molecule has 0 bridgehead atoms. The molecule has 3 aromatic heterocycles. The van der Waals surface area contributed by atoms with Crippen LogP contribution in [0.3, 0.4) is 0 Å². The molecule has 1 N–H and O–H groups in total. The summed E-state index contributed by atoms with van der Waals surface area (Å²) in [5.41, 5.74) is 0.180. The molecule has 3 aromatic rings. The quantitative estimate of drug-likeness (QED) is 0.611. The third kappa shape index (κ3) is 3.21. The Balaban J connectivity index is 1.76. The fraction of sp³-hybridized carbons (Fsp3) is 0.176. The van der Waals surface area contributed by atoms with E-state index in [9.17, 15) is 19.5 Å². The lowest BCUT2D eigenvalue weighted by Crippen LogP contribution is -2.54. The zero-order chi connectivity index (χ0) is 20.7. The van der Waals surface area contributed by atoms with Crippen molar-refractivity contribution in [2.24, 2.45) is 0 Å². The Labute approximate surface area is 168 Å². The lowest BCUT2D eigenvalue weighted by molar-refractivity contribution is -0.148. The van der Waals surface area contributed by atoms with Crippen LogP contribution in [0.1, 0.15) is 0 Å². The first-order chi connectivity index (χ1) is 13.9. The Bertz CT molecular complexity index is 1130. The van der Waals surface area contributed by atoms with Gasteiger partial charge in [-0.1, -0.05) is 11.6 Å². The van der Waals surface area contributed by atoms with E-state index >= 15 is 0 Å². The van der Waals surface area contributed by atoms with Crippen LogP contribution in [0.15, 0.2) is 30.7 Å². The fourth-order valence-corrected chi connectivity index (χ4v) is 2.89. The summed E-state index contributed by atoms with van der Waals surface area (Å²) in [5, 5.41) is 11.0. The number of likely N-dealkylation sites (N-methyl/N-ethyl adjacent to an activating group) is 1. The number of halogens is 1. The first-order valence-electron chi connectivity index (χ1n) is 8.29.